The van der Waals surface area contributed by atoms with Crippen molar-refractivity contribution in [2.24, 2.45) is 17.4 Å². The molecule has 1 rings (SSSR count). The topological polar surface area (TPSA) is 61.3 Å². The summed E-state index contributed by atoms with van der Waals surface area (Å²) in [6, 6.07) is 5.96. The second-order valence-corrected chi connectivity index (χ2v) is 4.83. The molecule has 0 amide bonds. The normalized spacial score (nSPS) is 14.6. The van der Waals surface area contributed by atoms with Crippen molar-refractivity contribution in [2.75, 3.05) is 13.7 Å². The van der Waals surface area contributed by atoms with Crippen LogP contribution in [0.4, 0.5) is 0 Å². The van der Waals surface area contributed by atoms with Gasteiger partial charge in [0.05, 0.1) is 11.6 Å². The molecule has 4 N–H and O–H groups in total. The lowest BCUT2D eigenvalue weighted by atomic mass is 9.93. The van der Waals surface area contributed by atoms with Gasteiger partial charge >= 0.3 is 0 Å². The Balaban J connectivity index is 2.84. The zero-order valence-electron chi connectivity index (χ0n) is 9.74. The van der Waals surface area contributed by atoms with Crippen molar-refractivity contribution < 1.29 is 4.74 Å². The van der Waals surface area contributed by atoms with Gasteiger partial charge in [-0.05, 0) is 52.5 Å². The molecular formula is C12H19BrN2O. The molecule has 0 aromatic heterocycles. The average molecular weight is 287 g/mol. The molecule has 0 saturated carbocycles. The molecule has 3 nitrogen and oxygen atoms in total. The quantitative estimate of drug-likeness (QED) is 0.874. The predicted molar refractivity (Wildman–Crippen MR) is 70.5 cm³/mol. The molecule has 0 heterocycles. The molecule has 0 fully saturated rings. The Kier molecular flexibility index (Phi) is 5.25. The van der Waals surface area contributed by atoms with Crippen LogP contribution in [0.3, 0.4) is 0 Å². The monoisotopic (exact) mass is 286 g/mol. The minimum absolute atomic E-state index is 0.0192. The van der Waals surface area contributed by atoms with E-state index >= 15 is 0 Å². The van der Waals surface area contributed by atoms with E-state index in [9.17, 15) is 0 Å². The van der Waals surface area contributed by atoms with Crippen molar-refractivity contribution in [2.45, 2.75) is 19.4 Å². The van der Waals surface area contributed by atoms with Crippen molar-refractivity contribution in [1.82, 2.24) is 0 Å². The van der Waals surface area contributed by atoms with Crippen LogP contribution in [-0.2, 0) is 0 Å². The number of hydrogen-bond acceptors (Lipinski definition) is 3. The molecule has 0 bridgehead atoms. The minimum atomic E-state index is 0.0192. The van der Waals surface area contributed by atoms with E-state index in [4.69, 9.17) is 16.2 Å². The lowest BCUT2D eigenvalue weighted by Crippen LogP contribution is -2.21. The molecule has 90 valence electrons. The first-order valence-corrected chi connectivity index (χ1v) is 6.18. The summed E-state index contributed by atoms with van der Waals surface area (Å²) >= 11 is 3.46. The molecule has 0 saturated heterocycles. The maximum Gasteiger partial charge on any atom is 0.133 e. The first-order chi connectivity index (χ1) is 7.60. The van der Waals surface area contributed by atoms with Crippen LogP contribution in [0.2, 0.25) is 0 Å². The van der Waals surface area contributed by atoms with Crippen LogP contribution in [0, 0.1) is 5.92 Å². The summed E-state index contributed by atoms with van der Waals surface area (Å²) in [5.41, 5.74) is 12.8. The smallest absolute Gasteiger partial charge is 0.133 e. The number of ether oxygens (including phenoxy) is 1. The third-order valence-electron chi connectivity index (χ3n) is 2.80. The number of methoxy groups -OCH3 is 1. The highest BCUT2D eigenvalue weighted by Gasteiger charge is 2.15. The third kappa shape index (κ3) is 3.20. The molecule has 0 spiro atoms. The Bertz CT molecular complexity index is 344. The Hall–Kier alpha value is -0.580. The van der Waals surface area contributed by atoms with Crippen LogP contribution in [0.5, 0.6) is 5.75 Å². The lowest BCUT2D eigenvalue weighted by molar-refractivity contribution is 0.410. The predicted octanol–water partition coefficient (Wildman–Crippen LogP) is 2.44. The summed E-state index contributed by atoms with van der Waals surface area (Å²) in [7, 11) is 1.65. The van der Waals surface area contributed by atoms with E-state index in [1.807, 2.05) is 18.2 Å². The summed E-state index contributed by atoms with van der Waals surface area (Å²) in [6.45, 7) is 2.79. The van der Waals surface area contributed by atoms with Gasteiger partial charge in [-0.3, -0.25) is 0 Å². The zero-order valence-corrected chi connectivity index (χ0v) is 11.3. The number of halogens is 1. The maximum atomic E-state index is 6.17. The maximum absolute atomic E-state index is 6.17. The fourth-order valence-electron chi connectivity index (χ4n) is 1.66. The molecular weight excluding hydrogens is 268 g/mol. The van der Waals surface area contributed by atoms with E-state index in [-0.39, 0.29) is 6.04 Å². The minimum Gasteiger partial charge on any atom is -0.496 e. The number of rotatable bonds is 5. The van der Waals surface area contributed by atoms with Gasteiger partial charge in [-0.2, -0.15) is 0 Å². The molecule has 0 aliphatic heterocycles. The second-order valence-electron chi connectivity index (χ2n) is 3.97. The summed E-state index contributed by atoms with van der Waals surface area (Å²) < 4.78 is 6.11. The standard InChI is InChI=1S/C12H19BrN2O/c1-8(5-6-14)12(15)9-3-4-11(16-2)10(13)7-9/h3-4,7-8,12H,5-6,14-15H2,1-2H3. The van der Waals surface area contributed by atoms with E-state index in [0.717, 1.165) is 22.2 Å². The van der Waals surface area contributed by atoms with Crippen LogP contribution in [0.25, 0.3) is 0 Å². The van der Waals surface area contributed by atoms with Crippen LogP contribution < -0.4 is 16.2 Å². The van der Waals surface area contributed by atoms with Crippen molar-refractivity contribution in [3.63, 3.8) is 0 Å². The van der Waals surface area contributed by atoms with E-state index in [1.165, 1.54) is 0 Å². The fraction of sp³-hybridized carbons (Fsp3) is 0.500. The average Bonchev–Trinajstić information content (AvgIpc) is 2.28. The summed E-state index contributed by atoms with van der Waals surface area (Å²) in [4.78, 5) is 0. The highest BCUT2D eigenvalue weighted by Crippen LogP contribution is 2.30. The Morgan fingerprint density at radius 2 is 2.12 bits per heavy atom. The molecule has 0 aliphatic carbocycles. The van der Waals surface area contributed by atoms with Gasteiger partial charge in [0, 0.05) is 6.04 Å². The SMILES string of the molecule is COc1ccc(C(N)C(C)CCN)cc1Br. The molecule has 1 aromatic carbocycles. The molecule has 16 heavy (non-hydrogen) atoms. The van der Waals surface area contributed by atoms with Gasteiger partial charge in [0.25, 0.3) is 0 Å². The third-order valence-corrected chi connectivity index (χ3v) is 3.42. The van der Waals surface area contributed by atoms with Gasteiger partial charge in [0.1, 0.15) is 5.75 Å². The van der Waals surface area contributed by atoms with Crippen molar-refractivity contribution in [1.29, 1.82) is 0 Å². The Labute approximate surface area is 105 Å². The Morgan fingerprint density at radius 3 is 2.62 bits per heavy atom. The highest BCUT2D eigenvalue weighted by atomic mass is 79.9. The molecule has 2 atom stereocenters. The van der Waals surface area contributed by atoms with E-state index < -0.39 is 0 Å². The first kappa shape index (κ1) is 13.5. The molecule has 0 aliphatic rings. The first-order valence-electron chi connectivity index (χ1n) is 5.39. The lowest BCUT2D eigenvalue weighted by Gasteiger charge is -2.20. The van der Waals surface area contributed by atoms with E-state index in [1.54, 1.807) is 7.11 Å². The van der Waals surface area contributed by atoms with Crippen LogP contribution in [-0.4, -0.2) is 13.7 Å². The van der Waals surface area contributed by atoms with Crippen molar-refractivity contribution in [3.8, 4) is 5.75 Å². The second kappa shape index (κ2) is 6.23. The van der Waals surface area contributed by atoms with Gasteiger partial charge < -0.3 is 16.2 Å². The van der Waals surface area contributed by atoms with Gasteiger partial charge in [-0.1, -0.05) is 13.0 Å². The number of nitrogens with two attached hydrogens (primary N) is 2. The van der Waals surface area contributed by atoms with Gasteiger partial charge in [0.15, 0.2) is 0 Å². The van der Waals surface area contributed by atoms with Crippen LogP contribution in [0.15, 0.2) is 22.7 Å². The molecule has 1 aromatic rings. The highest BCUT2D eigenvalue weighted by molar-refractivity contribution is 9.10. The van der Waals surface area contributed by atoms with Crippen LogP contribution >= 0.6 is 15.9 Å². The van der Waals surface area contributed by atoms with E-state index in [0.29, 0.717) is 12.5 Å². The molecule has 0 radical (unpaired) electrons. The van der Waals surface area contributed by atoms with Gasteiger partial charge in [0.2, 0.25) is 0 Å². The fourth-order valence-corrected chi connectivity index (χ4v) is 2.22. The molecule has 4 heteroatoms. The zero-order chi connectivity index (χ0) is 12.1. The summed E-state index contributed by atoms with van der Waals surface area (Å²) in [5.74, 6) is 1.20. The largest absolute Gasteiger partial charge is 0.496 e. The summed E-state index contributed by atoms with van der Waals surface area (Å²) in [6.07, 6.45) is 0.935. The van der Waals surface area contributed by atoms with E-state index in [2.05, 4.69) is 22.9 Å². The van der Waals surface area contributed by atoms with Crippen molar-refractivity contribution in [3.05, 3.63) is 28.2 Å². The summed E-state index contributed by atoms with van der Waals surface area (Å²) in [5, 5.41) is 0. The van der Waals surface area contributed by atoms with Crippen LogP contribution in [0.1, 0.15) is 24.9 Å². The number of benzene rings is 1. The number of hydrogen-bond donors (Lipinski definition) is 2. The van der Waals surface area contributed by atoms with Gasteiger partial charge in [-0.25, -0.2) is 0 Å². The van der Waals surface area contributed by atoms with Crippen molar-refractivity contribution >= 4 is 15.9 Å². The van der Waals surface area contributed by atoms with Gasteiger partial charge in [-0.15, -0.1) is 0 Å². The molecule has 2 unspecified atom stereocenters. The Morgan fingerprint density at radius 1 is 1.44 bits per heavy atom.